The lowest BCUT2D eigenvalue weighted by Gasteiger charge is -2.36. The van der Waals surface area contributed by atoms with E-state index in [0.29, 0.717) is 31.0 Å². The fourth-order valence-electron chi connectivity index (χ4n) is 3.80. The Morgan fingerprint density at radius 2 is 1.73 bits per heavy atom. The minimum atomic E-state index is -3.89. The third-order valence-corrected chi connectivity index (χ3v) is 7.48. The third kappa shape index (κ3) is 6.96. The molecule has 178 valence electrons. The number of nitrogens with zero attached hydrogens (tertiary/aromatic N) is 1. The maximum Gasteiger partial charge on any atom is 0.241 e. The van der Waals surface area contributed by atoms with Crippen LogP contribution in [-0.4, -0.2) is 50.0 Å². The van der Waals surface area contributed by atoms with Crippen molar-refractivity contribution in [2.45, 2.75) is 37.2 Å². The van der Waals surface area contributed by atoms with Crippen molar-refractivity contribution in [3.8, 4) is 0 Å². The molecule has 1 atom stereocenters. The van der Waals surface area contributed by atoms with Gasteiger partial charge in [0, 0.05) is 26.2 Å². The van der Waals surface area contributed by atoms with E-state index >= 15 is 0 Å². The Kier molecular flexibility index (Phi) is 8.76. The summed E-state index contributed by atoms with van der Waals surface area (Å²) in [6, 6.07) is 12.9. The summed E-state index contributed by atoms with van der Waals surface area (Å²) in [6.45, 7) is 4.13. The molecule has 1 amide bonds. The quantitative estimate of drug-likeness (QED) is 0.491. The van der Waals surface area contributed by atoms with Crippen molar-refractivity contribution < 1.29 is 17.6 Å². The number of hydrogen-bond acceptors (Lipinski definition) is 4. The first kappa shape index (κ1) is 25.1. The smallest absolute Gasteiger partial charge is 0.241 e. The first-order valence-electron chi connectivity index (χ1n) is 10.9. The Labute approximate surface area is 199 Å². The molecule has 3 N–H and O–H groups in total. The minimum Gasteiger partial charge on any atom is -0.363 e. The number of benzene rings is 2. The van der Waals surface area contributed by atoms with E-state index in [1.54, 1.807) is 30.3 Å². The highest BCUT2D eigenvalue weighted by atomic mass is 32.2. The summed E-state index contributed by atoms with van der Waals surface area (Å²) in [5, 5.41) is 6.59. The number of likely N-dealkylation sites (tertiary alicyclic amines) is 1. The van der Waals surface area contributed by atoms with Gasteiger partial charge in [-0.15, -0.1) is 0 Å². The molecule has 0 spiro atoms. The van der Waals surface area contributed by atoms with E-state index in [9.17, 15) is 17.6 Å². The van der Waals surface area contributed by atoms with Crippen LogP contribution in [0.2, 0.25) is 0 Å². The molecule has 1 saturated heterocycles. The van der Waals surface area contributed by atoms with Crippen LogP contribution in [0.4, 0.5) is 4.39 Å². The second-order valence-electron chi connectivity index (χ2n) is 7.92. The highest BCUT2D eigenvalue weighted by molar-refractivity contribution is 7.89. The van der Waals surface area contributed by atoms with Gasteiger partial charge in [-0.2, -0.15) is 4.72 Å². The van der Waals surface area contributed by atoms with Gasteiger partial charge in [-0.3, -0.25) is 4.79 Å². The van der Waals surface area contributed by atoms with Gasteiger partial charge >= 0.3 is 0 Å². The Morgan fingerprint density at radius 1 is 1.09 bits per heavy atom. The van der Waals surface area contributed by atoms with E-state index in [4.69, 9.17) is 12.2 Å². The van der Waals surface area contributed by atoms with Gasteiger partial charge in [0.2, 0.25) is 15.9 Å². The van der Waals surface area contributed by atoms with Crippen LogP contribution in [0.5, 0.6) is 0 Å². The van der Waals surface area contributed by atoms with E-state index in [0.717, 1.165) is 12.1 Å². The molecular weight excluding hydrogens is 463 g/mol. The summed E-state index contributed by atoms with van der Waals surface area (Å²) in [6.07, 6.45) is 1.22. The standard InChI is InChI=1S/C23H29FN4O3S2/c1-2-25-23(32)28-14-12-18(13-15-28)21(27-33(30,31)20-6-4-3-5-7-20)22(29)26-16-17-8-10-19(24)11-9-17/h3-11,18,21,27H,2,12-16H2,1H3,(H,25,32)(H,26,29). The lowest BCUT2D eigenvalue weighted by molar-refractivity contribution is -0.124. The fraction of sp³-hybridized carbons (Fsp3) is 0.391. The van der Waals surface area contributed by atoms with Gasteiger partial charge in [0.05, 0.1) is 4.90 Å². The zero-order valence-electron chi connectivity index (χ0n) is 18.5. The van der Waals surface area contributed by atoms with Crippen molar-refractivity contribution in [1.29, 1.82) is 0 Å². The van der Waals surface area contributed by atoms with Crippen LogP contribution in [0.25, 0.3) is 0 Å². The number of nitrogens with one attached hydrogen (secondary N) is 3. The summed E-state index contributed by atoms with van der Waals surface area (Å²) in [7, 11) is -3.89. The summed E-state index contributed by atoms with van der Waals surface area (Å²) in [5.74, 6) is -0.968. The van der Waals surface area contributed by atoms with Gasteiger partial charge < -0.3 is 15.5 Å². The summed E-state index contributed by atoms with van der Waals surface area (Å²) < 4.78 is 41.8. The molecule has 3 rings (SSSR count). The Hall–Kier alpha value is -2.56. The highest BCUT2D eigenvalue weighted by Gasteiger charge is 2.35. The zero-order chi connectivity index (χ0) is 23.8. The number of carbonyl (C=O) groups excluding carboxylic acids is 1. The molecule has 1 heterocycles. The van der Waals surface area contributed by atoms with E-state index in [2.05, 4.69) is 15.4 Å². The van der Waals surface area contributed by atoms with Gasteiger partial charge in [-0.25, -0.2) is 12.8 Å². The molecule has 1 unspecified atom stereocenters. The molecule has 7 nitrogen and oxygen atoms in total. The lowest BCUT2D eigenvalue weighted by Crippen LogP contribution is -2.54. The van der Waals surface area contributed by atoms with Crippen LogP contribution in [-0.2, 0) is 21.4 Å². The fourth-order valence-corrected chi connectivity index (χ4v) is 5.41. The van der Waals surface area contributed by atoms with Gasteiger partial charge in [0.25, 0.3) is 0 Å². The molecule has 10 heteroatoms. The summed E-state index contributed by atoms with van der Waals surface area (Å²) in [4.78, 5) is 15.3. The monoisotopic (exact) mass is 492 g/mol. The molecule has 2 aromatic rings. The molecule has 0 bridgehead atoms. The average Bonchev–Trinajstić information content (AvgIpc) is 2.83. The maximum atomic E-state index is 13.2. The van der Waals surface area contributed by atoms with Crippen molar-refractivity contribution in [3.63, 3.8) is 0 Å². The van der Waals surface area contributed by atoms with Crippen LogP contribution >= 0.6 is 12.2 Å². The van der Waals surface area contributed by atoms with E-state index in [1.807, 2.05) is 11.8 Å². The molecule has 33 heavy (non-hydrogen) atoms. The van der Waals surface area contributed by atoms with Crippen molar-refractivity contribution in [3.05, 3.63) is 66.0 Å². The van der Waals surface area contributed by atoms with Gasteiger partial charge in [0.15, 0.2) is 5.11 Å². The first-order valence-corrected chi connectivity index (χ1v) is 12.8. The molecule has 0 radical (unpaired) electrons. The lowest BCUT2D eigenvalue weighted by atomic mass is 9.89. The average molecular weight is 493 g/mol. The van der Waals surface area contributed by atoms with Crippen molar-refractivity contribution >= 4 is 33.3 Å². The normalized spacial score (nSPS) is 15.6. The summed E-state index contributed by atoms with van der Waals surface area (Å²) in [5.41, 5.74) is 0.722. The highest BCUT2D eigenvalue weighted by Crippen LogP contribution is 2.23. The predicted octanol–water partition coefficient (Wildman–Crippen LogP) is 2.40. The Balaban J connectivity index is 1.73. The molecule has 1 aliphatic rings. The zero-order valence-corrected chi connectivity index (χ0v) is 20.1. The number of halogens is 1. The Bertz CT molecular complexity index is 1040. The van der Waals surface area contributed by atoms with Crippen molar-refractivity contribution in [1.82, 2.24) is 20.3 Å². The molecule has 0 saturated carbocycles. The number of carbonyl (C=O) groups is 1. The molecule has 1 aliphatic heterocycles. The van der Waals surface area contributed by atoms with Gasteiger partial charge in [-0.1, -0.05) is 30.3 Å². The van der Waals surface area contributed by atoms with Crippen molar-refractivity contribution in [2.24, 2.45) is 5.92 Å². The van der Waals surface area contributed by atoms with E-state index < -0.39 is 22.0 Å². The summed E-state index contributed by atoms with van der Waals surface area (Å²) >= 11 is 5.38. The Morgan fingerprint density at radius 3 is 2.33 bits per heavy atom. The largest absolute Gasteiger partial charge is 0.363 e. The first-order chi connectivity index (χ1) is 15.8. The van der Waals surface area contributed by atoms with Crippen LogP contribution in [0, 0.1) is 11.7 Å². The van der Waals surface area contributed by atoms with Crippen LogP contribution in [0.1, 0.15) is 25.3 Å². The number of thiocarbonyl (C=S) groups is 1. The van der Waals surface area contributed by atoms with Gasteiger partial charge in [-0.05, 0) is 67.7 Å². The minimum absolute atomic E-state index is 0.104. The second kappa shape index (κ2) is 11.5. The molecule has 1 fully saturated rings. The maximum absolute atomic E-state index is 13.2. The van der Waals surface area contributed by atoms with Gasteiger partial charge in [0.1, 0.15) is 11.9 Å². The number of sulfonamides is 1. The van der Waals surface area contributed by atoms with Crippen LogP contribution in [0.15, 0.2) is 59.5 Å². The number of amides is 1. The molecule has 0 aliphatic carbocycles. The van der Waals surface area contributed by atoms with E-state index in [1.165, 1.54) is 24.3 Å². The van der Waals surface area contributed by atoms with Crippen LogP contribution < -0.4 is 15.4 Å². The topological polar surface area (TPSA) is 90.5 Å². The molecule has 0 aromatic heterocycles. The number of piperidine rings is 1. The van der Waals surface area contributed by atoms with Crippen LogP contribution in [0.3, 0.4) is 0 Å². The molecule has 2 aromatic carbocycles. The molecular formula is C23H29FN4O3S2. The van der Waals surface area contributed by atoms with E-state index in [-0.39, 0.29) is 23.2 Å². The second-order valence-corrected chi connectivity index (χ2v) is 10.0. The predicted molar refractivity (Wildman–Crippen MR) is 129 cm³/mol. The third-order valence-electron chi connectivity index (χ3n) is 5.62. The number of rotatable bonds is 8. The SMILES string of the molecule is CCNC(=S)N1CCC(C(NS(=O)(=O)c2ccccc2)C(=O)NCc2ccc(F)cc2)CC1. The number of hydrogen-bond donors (Lipinski definition) is 3. The van der Waals surface area contributed by atoms with Crippen molar-refractivity contribution in [2.75, 3.05) is 19.6 Å².